The number of aliphatic hydroxyl groups is 1. The zero-order valence-corrected chi connectivity index (χ0v) is 65.1. The molecule has 512 valence electrons. The number of hydrogen-bond donors (Lipinski definition) is 1. The Kier molecular flexibility index (Phi) is 49.0. The molecule has 0 atom stereocenters. The van der Waals surface area contributed by atoms with Crippen LogP contribution >= 0.6 is 11.6 Å². The van der Waals surface area contributed by atoms with Crippen molar-refractivity contribution in [3.63, 3.8) is 0 Å². The smallest absolute Gasteiger partial charge is 0.857 e. The van der Waals surface area contributed by atoms with Crippen molar-refractivity contribution in [2.24, 2.45) is 20.0 Å². The number of aliphatic hydroxyl groups excluding tert-OH is 1. The normalized spacial score (nSPS) is 11.1. The molecule has 0 bridgehead atoms. The molecule has 0 saturated heterocycles. The summed E-state index contributed by atoms with van der Waals surface area (Å²) in [4.78, 5) is 63.5. The number of carbonyl (C=O) groups is 1. The molecule has 96 heavy (non-hydrogen) atoms. The molecule has 0 amide bonds. The fourth-order valence-electron chi connectivity index (χ4n) is 9.07. The van der Waals surface area contributed by atoms with Crippen molar-refractivity contribution in [1.29, 1.82) is 0 Å². The van der Waals surface area contributed by atoms with E-state index in [0.717, 1.165) is 58.5 Å². The predicted octanol–water partition coefficient (Wildman–Crippen LogP) is 17.7. The van der Waals surface area contributed by atoms with Crippen LogP contribution in [0.4, 0.5) is 22.7 Å². The van der Waals surface area contributed by atoms with Crippen LogP contribution in [0.15, 0.2) is 215 Å². The standard InChI is InChI=1S/2C27H38N2O.C7H5ClO.C7H5O.2C5H5N.2CHO.K.2Ni/c2*1-16(2)21-12-10-13-22(17(3)4)25(21)28-20(9)27(30)29-26-23(18(5)6)14-11-15-24(26)19(7)8;8-7(9)6-4-2-1-3-5-6;8-6-7-4-2-1-3-5-7;2*1-2-4-6-5-3-1;2*1-2;;;/h2*10-19H,1-9H3,(H,29,30);1-5H;1-5H;2*1-5H;2*1H;;;/q;;;-1;;;2*-1;+1;;+2/p-1/i;;;;;;2*1D;;;. The van der Waals surface area contributed by atoms with E-state index in [2.05, 4.69) is 204 Å². The minimum Gasteiger partial charge on any atom is -0.857 e. The first-order valence-corrected chi connectivity index (χ1v) is 31.6. The van der Waals surface area contributed by atoms with Crippen molar-refractivity contribution in [3.05, 3.63) is 250 Å². The third-order valence-electron chi connectivity index (χ3n) is 14.0. The van der Waals surface area contributed by atoms with Crippen LogP contribution in [-0.4, -0.2) is 63.4 Å². The Morgan fingerprint density at radius 3 is 0.885 bits per heavy atom. The molecule has 16 heteroatoms. The van der Waals surface area contributed by atoms with Crippen LogP contribution in [0.2, 0.25) is 0 Å². The topological polar surface area (TPSA) is 187 Å². The average molecular weight is 1430 g/mol. The van der Waals surface area contributed by atoms with Gasteiger partial charge in [0.2, 0.25) is 5.90 Å². The Labute approximate surface area is 645 Å². The van der Waals surface area contributed by atoms with Crippen LogP contribution < -0.4 is 56.5 Å². The number of aliphatic imine (C=N–C) groups is 4. The fourth-order valence-corrected chi connectivity index (χ4v) is 9.19. The van der Waals surface area contributed by atoms with Gasteiger partial charge in [-0.15, -0.1) is 12.1 Å². The number of carbonyl (C=O) groups excluding carboxylic acids is 4. The quantitative estimate of drug-likeness (QED) is 0.0247. The van der Waals surface area contributed by atoms with Crippen LogP contribution in [-0.2, 0) is 47.4 Å². The second-order valence-electron chi connectivity index (χ2n) is 23.8. The van der Waals surface area contributed by atoms with E-state index < -0.39 is 5.24 Å². The van der Waals surface area contributed by atoms with Gasteiger partial charge in [-0.25, -0.2) is 9.98 Å². The van der Waals surface area contributed by atoms with E-state index in [1.807, 2.05) is 55.5 Å². The van der Waals surface area contributed by atoms with E-state index in [4.69, 9.17) is 33.9 Å². The molecule has 0 aliphatic rings. The van der Waals surface area contributed by atoms with E-state index in [1.165, 1.54) is 22.3 Å². The van der Waals surface area contributed by atoms with Crippen molar-refractivity contribution in [2.45, 2.75) is 172 Å². The minimum absolute atomic E-state index is 0. The molecule has 0 aliphatic heterocycles. The van der Waals surface area contributed by atoms with Gasteiger partial charge in [-0.05, 0) is 142 Å². The van der Waals surface area contributed by atoms with Gasteiger partial charge in [-0.1, -0.05) is 232 Å². The number of rotatable bonds is 16. The van der Waals surface area contributed by atoms with Gasteiger partial charge < -0.3 is 24.6 Å². The maximum absolute atomic E-state index is 13.1. The van der Waals surface area contributed by atoms with Gasteiger partial charge in [-0.2, -0.15) is 20.4 Å². The summed E-state index contributed by atoms with van der Waals surface area (Å²) in [5, 5.41) is 23.6. The molecule has 2 aromatic heterocycles. The van der Waals surface area contributed by atoms with Crippen LogP contribution in [0.1, 0.15) is 235 Å². The summed E-state index contributed by atoms with van der Waals surface area (Å²) < 4.78 is 10.8. The fraction of sp³-hybridized carbons (Fsp3) is 0.325. The molecule has 12 nitrogen and oxygen atoms in total. The molecule has 6 aromatic carbocycles. The molecule has 0 fully saturated rings. The van der Waals surface area contributed by atoms with Crippen molar-refractivity contribution in [3.8, 4) is 0 Å². The molecule has 8 rings (SSSR count). The molecular formula is C80H97ClKN6Ni2O6-. The Morgan fingerprint density at radius 1 is 0.438 bits per heavy atom. The molecule has 0 aliphatic carbocycles. The zero-order chi connectivity index (χ0) is 71.6. The predicted molar refractivity (Wildman–Crippen MR) is 391 cm³/mol. The summed E-state index contributed by atoms with van der Waals surface area (Å²) >= 11 is 5.16. The van der Waals surface area contributed by atoms with E-state index >= 15 is 0 Å². The summed E-state index contributed by atoms with van der Waals surface area (Å²) in [7, 11) is 0. The van der Waals surface area contributed by atoms with E-state index in [0.29, 0.717) is 69.9 Å². The van der Waals surface area contributed by atoms with E-state index in [9.17, 15) is 19.8 Å². The van der Waals surface area contributed by atoms with Gasteiger partial charge >= 0.3 is 67.9 Å². The van der Waals surface area contributed by atoms with Gasteiger partial charge in [-0.3, -0.25) is 38.3 Å². The Balaban J connectivity index is -0.00000121. The molecule has 2 heterocycles. The Morgan fingerprint density at radius 2 is 0.677 bits per heavy atom. The largest absolute Gasteiger partial charge is 2.00 e. The number of aromatic nitrogens is 2. The number of hydrogen-bond acceptors (Lipinski definition) is 11. The summed E-state index contributed by atoms with van der Waals surface area (Å²) in [6.07, 6.45) is 8.78. The van der Waals surface area contributed by atoms with Crippen molar-refractivity contribution in [1.82, 2.24) is 9.97 Å². The first kappa shape index (κ1) is 89.5. The average Bonchev–Trinajstić information content (AvgIpc) is 0.825. The van der Waals surface area contributed by atoms with Gasteiger partial charge in [0, 0.05) is 58.5 Å². The number of nitrogens with zero attached hydrogens (tertiary/aromatic N) is 6. The first-order valence-electron chi connectivity index (χ1n) is 32.3. The summed E-state index contributed by atoms with van der Waals surface area (Å²) in [5.74, 6) is 2.31. The maximum Gasteiger partial charge on any atom is 2.00 e. The van der Waals surface area contributed by atoms with Crippen LogP contribution in [0.5, 0.6) is 0 Å². The van der Waals surface area contributed by atoms with Crippen LogP contribution in [0.25, 0.3) is 0 Å². The molecule has 0 radical (unpaired) electrons. The van der Waals surface area contributed by atoms with Crippen LogP contribution in [0, 0.1) is 0 Å². The van der Waals surface area contributed by atoms with Gasteiger partial charge in [0.05, 0.1) is 34.7 Å². The second-order valence-corrected chi connectivity index (χ2v) is 24.1. The Bertz CT molecular complexity index is 3150. The number of benzene rings is 6. The summed E-state index contributed by atoms with van der Waals surface area (Å²) in [5.41, 5.74) is 14.9. The van der Waals surface area contributed by atoms with E-state index in [-0.39, 0.29) is 96.2 Å². The maximum atomic E-state index is 13.1. The molecule has 1 N–H and O–H groups in total. The van der Waals surface area contributed by atoms with E-state index in [1.54, 1.807) is 86.5 Å². The molecular weight excluding hydrogens is 1330 g/mol. The third-order valence-corrected chi connectivity index (χ3v) is 14.2. The molecule has 0 spiro atoms. The zero-order valence-electron chi connectivity index (χ0n) is 61.3. The third kappa shape index (κ3) is 33.6. The monoisotopic (exact) mass is 1430 g/mol. The second kappa shape index (κ2) is 52.6. The van der Waals surface area contributed by atoms with Crippen molar-refractivity contribution >= 4 is 82.6 Å². The van der Waals surface area contributed by atoms with Gasteiger partial charge in [0.15, 0.2) is 0 Å². The minimum atomic E-state index is -0.407. The summed E-state index contributed by atoms with van der Waals surface area (Å²) in [6.45, 7) is 39.6. The van der Waals surface area contributed by atoms with Crippen molar-refractivity contribution < 1.29 is 117 Å². The number of para-hydroxylation sites is 4. The summed E-state index contributed by atoms with van der Waals surface area (Å²) in [6, 6.07) is 54.2. The number of halogens is 1. The van der Waals surface area contributed by atoms with Gasteiger partial charge in [0.1, 0.15) is 0 Å². The van der Waals surface area contributed by atoms with Gasteiger partial charge in [0.25, 0.3) is 5.24 Å². The first-order chi connectivity index (χ1) is 45.1. The molecule has 8 aromatic rings. The number of pyridine rings is 2. The SMILES string of the molecule is CC(=Nc1c(C(C)C)cccc1C(C)C)C(O)=Nc1c(C(C)C)cccc1C(C)C.CC(=Nc1c(C(C)C)cccc1C(C)C)C([O-])=Nc1c(C(C)C)cccc1C(C)C.O=C(Cl)c1ccccc1.O=[C-]c1ccccc1.[2H][C-]=O.[2H][C-]=O.[K+].[Ni+2].[Ni].c1ccncc1.c1ccncc1. The van der Waals surface area contributed by atoms with Crippen LogP contribution in [0.3, 0.4) is 0 Å². The van der Waals surface area contributed by atoms with Crippen molar-refractivity contribution in [2.75, 3.05) is 0 Å². The molecule has 0 unspecified atom stereocenters. The Hall–Kier alpha value is -6.51. The molecule has 0 saturated carbocycles.